The highest BCUT2D eigenvalue weighted by molar-refractivity contribution is 5.92. The van der Waals surface area contributed by atoms with E-state index in [1.54, 1.807) is 0 Å². The van der Waals surface area contributed by atoms with Gasteiger partial charge >= 0.3 is 0 Å². The molecule has 1 aromatic rings. The third-order valence-electron chi connectivity index (χ3n) is 1.27. The molecular formula is C7H5ClF3NO. The van der Waals surface area contributed by atoms with Gasteiger partial charge in [0.1, 0.15) is 0 Å². The van der Waals surface area contributed by atoms with Crippen molar-refractivity contribution in [1.82, 2.24) is 0 Å². The maximum absolute atomic E-state index is 12.4. The molecule has 0 spiro atoms. The Hall–Kier alpha value is -1.23. The molecule has 0 aliphatic heterocycles. The molecule has 0 aromatic heterocycles. The summed E-state index contributed by atoms with van der Waals surface area (Å²) < 4.78 is 37.0. The molecule has 0 saturated heterocycles. The van der Waals surface area contributed by atoms with Gasteiger partial charge in [0.2, 0.25) is 5.91 Å². The van der Waals surface area contributed by atoms with E-state index in [1.807, 2.05) is 0 Å². The lowest BCUT2D eigenvalue weighted by Gasteiger charge is -1.97. The predicted molar refractivity (Wildman–Crippen MR) is 42.1 cm³/mol. The summed E-state index contributed by atoms with van der Waals surface area (Å²) in [5.74, 6) is -5.47. The van der Waals surface area contributed by atoms with Crippen LogP contribution in [0.5, 0.6) is 0 Å². The van der Waals surface area contributed by atoms with Gasteiger partial charge in [-0.25, -0.2) is 13.2 Å². The Morgan fingerprint density at radius 2 is 1.54 bits per heavy atom. The topological polar surface area (TPSA) is 43.1 Å². The number of hydrogen-bond donors (Lipinski definition) is 1. The summed E-state index contributed by atoms with van der Waals surface area (Å²) in [5, 5.41) is 0. The Kier molecular flexibility index (Phi) is 3.74. The van der Waals surface area contributed by atoms with Crippen LogP contribution in [0.2, 0.25) is 0 Å². The summed E-state index contributed by atoms with van der Waals surface area (Å²) in [7, 11) is 0. The molecule has 0 heterocycles. The van der Waals surface area contributed by atoms with Crippen molar-refractivity contribution in [2.24, 2.45) is 5.73 Å². The number of rotatable bonds is 1. The molecule has 1 aromatic carbocycles. The number of nitrogens with two attached hydrogens (primary N) is 1. The number of primary amides is 1. The number of benzene rings is 1. The van der Waals surface area contributed by atoms with Gasteiger partial charge in [0.15, 0.2) is 17.5 Å². The van der Waals surface area contributed by atoms with Crippen LogP contribution in [-0.4, -0.2) is 5.91 Å². The smallest absolute Gasteiger partial charge is 0.248 e. The molecule has 0 bridgehead atoms. The Morgan fingerprint density at radius 3 is 1.85 bits per heavy atom. The molecule has 0 fully saturated rings. The van der Waals surface area contributed by atoms with Crippen LogP contribution in [0.3, 0.4) is 0 Å². The summed E-state index contributed by atoms with van der Waals surface area (Å²) in [6.45, 7) is 0. The van der Waals surface area contributed by atoms with Crippen LogP contribution in [0.4, 0.5) is 13.2 Å². The van der Waals surface area contributed by atoms with E-state index in [1.165, 1.54) is 0 Å². The van der Waals surface area contributed by atoms with Crippen molar-refractivity contribution in [2.75, 3.05) is 0 Å². The SMILES string of the molecule is Cl.NC(=O)c1cc(F)c(F)c(F)c1. The van der Waals surface area contributed by atoms with E-state index < -0.39 is 28.9 Å². The van der Waals surface area contributed by atoms with Crippen LogP contribution >= 0.6 is 12.4 Å². The normalized spacial score (nSPS) is 9.15. The maximum atomic E-state index is 12.4. The Morgan fingerprint density at radius 1 is 1.15 bits per heavy atom. The number of carbonyl (C=O) groups is 1. The van der Waals surface area contributed by atoms with Crippen molar-refractivity contribution in [3.05, 3.63) is 35.1 Å². The zero-order valence-corrected chi connectivity index (χ0v) is 7.00. The van der Waals surface area contributed by atoms with Crippen LogP contribution in [0.1, 0.15) is 10.4 Å². The van der Waals surface area contributed by atoms with E-state index in [0.717, 1.165) is 0 Å². The molecule has 0 unspecified atom stereocenters. The molecule has 0 saturated carbocycles. The van der Waals surface area contributed by atoms with Crippen molar-refractivity contribution in [3.63, 3.8) is 0 Å². The molecular weight excluding hydrogens is 207 g/mol. The number of halogens is 4. The van der Waals surface area contributed by atoms with Crippen LogP contribution in [0.15, 0.2) is 12.1 Å². The van der Waals surface area contributed by atoms with Gasteiger partial charge in [-0.1, -0.05) is 0 Å². The quantitative estimate of drug-likeness (QED) is 0.705. The summed E-state index contributed by atoms with van der Waals surface area (Å²) in [6, 6.07) is 1.08. The summed E-state index contributed by atoms with van der Waals surface area (Å²) >= 11 is 0. The Labute approximate surface area is 77.9 Å². The average Bonchev–Trinajstić information content (AvgIpc) is 1.99. The van der Waals surface area contributed by atoms with E-state index in [-0.39, 0.29) is 12.4 Å². The van der Waals surface area contributed by atoms with E-state index in [2.05, 4.69) is 0 Å². The highest BCUT2D eigenvalue weighted by atomic mass is 35.5. The van der Waals surface area contributed by atoms with Crippen molar-refractivity contribution in [3.8, 4) is 0 Å². The summed E-state index contributed by atoms with van der Waals surface area (Å²) in [6.07, 6.45) is 0. The minimum absolute atomic E-state index is 0. The third kappa shape index (κ3) is 2.35. The van der Waals surface area contributed by atoms with E-state index in [0.29, 0.717) is 12.1 Å². The fraction of sp³-hybridized carbons (Fsp3) is 0. The van der Waals surface area contributed by atoms with Gasteiger partial charge < -0.3 is 5.73 Å². The monoisotopic (exact) mass is 211 g/mol. The zero-order valence-electron chi connectivity index (χ0n) is 6.18. The Balaban J connectivity index is 0.00000144. The first-order chi connectivity index (χ1) is 5.52. The van der Waals surface area contributed by atoms with Gasteiger partial charge in [-0.05, 0) is 12.1 Å². The van der Waals surface area contributed by atoms with Gasteiger partial charge in [-0.15, -0.1) is 12.4 Å². The first-order valence-corrected chi connectivity index (χ1v) is 2.96. The number of carbonyl (C=O) groups excluding carboxylic acids is 1. The molecule has 0 atom stereocenters. The van der Waals surface area contributed by atoms with Gasteiger partial charge in [0.25, 0.3) is 0 Å². The maximum Gasteiger partial charge on any atom is 0.248 e. The van der Waals surface area contributed by atoms with E-state index in [9.17, 15) is 18.0 Å². The van der Waals surface area contributed by atoms with Crippen molar-refractivity contribution in [1.29, 1.82) is 0 Å². The Bertz CT molecular complexity index is 320. The van der Waals surface area contributed by atoms with Crippen LogP contribution in [0, 0.1) is 17.5 Å². The third-order valence-corrected chi connectivity index (χ3v) is 1.27. The lowest BCUT2D eigenvalue weighted by molar-refractivity contribution is 0.0999. The average molecular weight is 212 g/mol. The first kappa shape index (κ1) is 11.8. The van der Waals surface area contributed by atoms with Gasteiger partial charge in [-0.2, -0.15) is 0 Å². The largest absolute Gasteiger partial charge is 0.366 e. The number of amides is 1. The van der Waals surface area contributed by atoms with Crippen molar-refractivity contribution >= 4 is 18.3 Å². The second-order valence-electron chi connectivity index (χ2n) is 2.12. The van der Waals surface area contributed by atoms with Crippen LogP contribution in [0.25, 0.3) is 0 Å². The minimum atomic E-state index is -1.61. The number of hydrogen-bond acceptors (Lipinski definition) is 1. The predicted octanol–water partition coefficient (Wildman–Crippen LogP) is 1.62. The van der Waals surface area contributed by atoms with Gasteiger partial charge in [-0.3, -0.25) is 4.79 Å². The van der Waals surface area contributed by atoms with Gasteiger partial charge in [0, 0.05) is 5.56 Å². The second kappa shape index (κ2) is 4.13. The molecule has 2 nitrogen and oxygen atoms in total. The summed E-state index contributed by atoms with van der Waals surface area (Å²) in [5.41, 5.74) is 4.31. The van der Waals surface area contributed by atoms with Crippen molar-refractivity contribution in [2.45, 2.75) is 0 Å². The highest BCUT2D eigenvalue weighted by Gasteiger charge is 2.12. The van der Waals surface area contributed by atoms with Crippen molar-refractivity contribution < 1.29 is 18.0 Å². The highest BCUT2D eigenvalue weighted by Crippen LogP contribution is 2.12. The molecule has 13 heavy (non-hydrogen) atoms. The molecule has 6 heteroatoms. The summed E-state index contributed by atoms with van der Waals surface area (Å²) in [4.78, 5) is 10.4. The fourth-order valence-corrected chi connectivity index (χ4v) is 0.698. The van der Waals surface area contributed by atoms with Crippen LogP contribution in [-0.2, 0) is 0 Å². The lowest BCUT2D eigenvalue weighted by atomic mass is 10.2. The fourth-order valence-electron chi connectivity index (χ4n) is 0.698. The molecule has 2 N–H and O–H groups in total. The van der Waals surface area contributed by atoms with Crippen LogP contribution < -0.4 is 5.73 Å². The molecule has 72 valence electrons. The molecule has 1 amide bonds. The lowest BCUT2D eigenvalue weighted by Crippen LogP contribution is -2.12. The second-order valence-corrected chi connectivity index (χ2v) is 2.12. The van der Waals surface area contributed by atoms with Gasteiger partial charge in [0.05, 0.1) is 0 Å². The first-order valence-electron chi connectivity index (χ1n) is 2.96. The molecule has 1 rings (SSSR count). The van der Waals surface area contributed by atoms with E-state index >= 15 is 0 Å². The standard InChI is InChI=1S/C7H4F3NO.ClH/c8-4-1-3(7(11)12)2-5(9)6(4)10;/h1-2H,(H2,11,12);1H. The minimum Gasteiger partial charge on any atom is -0.366 e. The molecule has 0 aliphatic rings. The van der Waals surface area contributed by atoms with E-state index in [4.69, 9.17) is 5.73 Å². The molecule has 0 radical (unpaired) electrons. The zero-order chi connectivity index (χ0) is 9.30. The molecule has 0 aliphatic carbocycles.